The van der Waals surface area contributed by atoms with Crippen LogP contribution in [-0.2, 0) is 18.3 Å². The average molecular weight is 273 g/mol. The van der Waals surface area contributed by atoms with Crippen LogP contribution in [0, 0.1) is 13.8 Å². The number of nitrogens with one attached hydrogen (secondary N) is 1. The van der Waals surface area contributed by atoms with Crippen molar-refractivity contribution in [3.05, 3.63) is 46.8 Å². The molecule has 1 aromatic heterocycles. The normalized spacial score (nSPS) is 10.4. The zero-order chi connectivity index (χ0) is 14.7. The highest BCUT2D eigenvalue weighted by molar-refractivity contribution is 5.89. The number of carbonyl (C=O) groups excluding carboxylic acids is 1. The molecule has 20 heavy (non-hydrogen) atoms. The predicted molar refractivity (Wildman–Crippen MR) is 77.8 cm³/mol. The van der Waals surface area contributed by atoms with Gasteiger partial charge in [0.1, 0.15) is 0 Å². The first kappa shape index (κ1) is 14.1. The molecule has 0 fully saturated rings. The molecule has 0 atom stereocenters. The summed E-state index contributed by atoms with van der Waals surface area (Å²) in [6, 6.07) is 7.37. The van der Waals surface area contributed by atoms with E-state index in [4.69, 9.17) is 0 Å². The molecular formula is C15H19N3O2. The van der Waals surface area contributed by atoms with E-state index in [1.807, 2.05) is 37.7 Å². The van der Waals surface area contributed by atoms with Gasteiger partial charge in [0.15, 0.2) is 0 Å². The first-order valence-electron chi connectivity index (χ1n) is 6.44. The average Bonchev–Trinajstić information content (AvgIpc) is 2.70. The Morgan fingerprint density at radius 2 is 1.95 bits per heavy atom. The number of hydrogen-bond acceptors (Lipinski definition) is 4. The smallest absolute Gasteiger partial charge is 0.337 e. The van der Waals surface area contributed by atoms with Crippen LogP contribution in [-0.4, -0.2) is 22.9 Å². The molecule has 0 aliphatic rings. The molecule has 0 unspecified atom stereocenters. The van der Waals surface area contributed by atoms with Crippen LogP contribution in [0.3, 0.4) is 0 Å². The molecule has 0 amide bonds. The minimum atomic E-state index is -0.316. The van der Waals surface area contributed by atoms with Crippen molar-refractivity contribution in [2.24, 2.45) is 7.05 Å². The van der Waals surface area contributed by atoms with Gasteiger partial charge in [-0.05, 0) is 31.5 Å². The fraction of sp³-hybridized carbons (Fsp3) is 0.333. The van der Waals surface area contributed by atoms with Crippen LogP contribution in [0.15, 0.2) is 24.3 Å². The number of nitrogens with zero attached hydrogens (tertiary/aromatic N) is 2. The van der Waals surface area contributed by atoms with E-state index in [1.54, 1.807) is 12.1 Å². The lowest BCUT2D eigenvalue weighted by Crippen LogP contribution is -2.04. The molecule has 1 heterocycles. The molecule has 0 aliphatic carbocycles. The highest BCUT2D eigenvalue weighted by Crippen LogP contribution is 2.19. The van der Waals surface area contributed by atoms with Crippen molar-refractivity contribution in [1.29, 1.82) is 0 Å². The van der Waals surface area contributed by atoms with Crippen molar-refractivity contribution in [1.82, 2.24) is 9.78 Å². The van der Waals surface area contributed by atoms with Gasteiger partial charge in [0, 0.05) is 13.6 Å². The van der Waals surface area contributed by atoms with Gasteiger partial charge in [0.05, 0.1) is 29.7 Å². The summed E-state index contributed by atoms with van der Waals surface area (Å²) in [7, 11) is 3.31. The van der Waals surface area contributed by atoms with Gasteiger partial charge in [0.2, 0.25) is 0 Å². The zero-order valence-electron chi connectivity index (χ0n) is 12.2. The largest absolute Gasteiger partial charge is 0.465 e. The number of aryl methyl sites for hydroxylation is 2. The van der Waals surface area contributed by atoms with E-state index in [1.165, 1.54) is 7.11 Å². The van der Waals surface area contributed by atoms with E-state index in [2.05, 4.69) is 15.2 Å². The molecule has 0 spiro atoms. The van der Waals surface area contributed by atoms with E-state index < -0.39 is 0 Å². The van der Waals surface area contributed by atoms with Crippen LogP contribution in [0.4, 0.5) is 5.69 Å². The Bertz CT molecular complexity index is 615. The molecule has 0 aliphatic heterocycles. The Morgan fingerprint density at radius 3 is 2.45 bits per heavy atom. The molecule has 5 heteroatoms. The van der Waals surface area contributed by atoms with Crippen LogP contribution in [0.5, 0.6) is 0 Å². The molecule has 0 bridgehead atoms. The molecule has 5 nitrogen and oxygen atoms in total. The van der Waals surface area contributed by atoms with Crippen LogP contribution >= 0.6 is 0 Å². The molecule has 0 saturated heterocycles. The SMILES string of the molecule is COC(=O)c1ccc(CNc2c(C)nn(C)c2C)cc1. The number of carbonyl (C=O) groups is 1. The number of aromatic nitrogens is 2. The quantitative estimate of drug-likeness (QED) is 0.869. The van der Waals surface area contributed by atoms with Gasteiger partial charge >= 0.3 is 5.97 Å². The third-order valence-corrected chi connectivity index (χ3v) is 3.35. The van der Waals surface area contributed by atoms with Crippen LogP contribution in [0.1, 0.15) is 27.3 Å². The van der Waals surface area contributed by atoms with E-state index in [-0.39, 0.29) is 5.97 Å². The Kier molecular flexibility index (Phi) is 4.08. The van der Waals surface area contributed by atoms with E-state index >= 15 is 0 Å². The van der Waals surface area contributed by atoms with Crippen molar-refractivity contribution < 1.29 is 9.53 Å². The van der Waals surface area contributed by atoms with Gasteiger partial charge in [-0.15, -0.1) is 0 Å². The number of benzene rings is 1. The van der Waals surface area contributed by atoms with Crippen LogP contribution in [0.2, 0.25) is 0 Å². The summed E-state index contributed by atoms with van der Waals surface area (Å²) in [6.07, 6.45) is 0. The van der Waals surface area contributed by atoms with Crippen LogP contribution < -0.4 is 5.32 Å². The Labute approximate surface area is 118 Å². The number of esters is 1. The maximum Gasteiger partial charge on any atom is 0.337 e. The minimum Gasteiger partial charge on any atom is -0.465 e. The number of methoxy groups -OCH3 is 1. The Morgan fingerprint density at radius 1 is 1.30 bits per heavy atom. The zero-order valence-corrected chi connectivity index (χ0v) is 12.2. The standard InChI is InChI=1S/C15H19N3O2/c1-10-14(11(2)18(3)17-10)16-9-12-5-7-13(8-6-12)15(19)20-4/h5-8,16H,9H2,1-4H3. The van der Waals surface area contributed by atoms with Crippen molar-refractivity contribution in [2.75, 3.05) is 12.4 Å². The lowest BCUT2D eigenvalue weighted by Gasteiger charge is -2.07. The molecule has 1 N–H and O–H groups in total. The van der Waals surface area contributed by atoms with Gasteiger partial charge < -0.3 is 10.1 Å². The summed E-state index contributed by atoms with van der Waals surface area (Å²) in [6.45, 7) is 4.70. The third kappa shape index (κ3) is 2.82. The summed E-state index contributed by atoms with van der Waals surface area (Å²) in [5, 5.41) is 7.75. The minimum absolute atomic E-state index is 0.316. The predicted octanol–water partition coefficient (Wildman–Crippen LogP) is 2.44. The van der Waals surface area contributed by atoms with Gasteiger partial charge in [0.25, 0.3) is 0 Å². The number of hydrogen-bond donors (Lipinski definition) is 1. The molecule has 2 rings (SSSR count). The number of rotatable bonds is 4. The second-order valence-electron chi connectivity index (χ2n) is 4.71. The number of ether oxygens (including phenoxy) is 1. The van der Waals surface area contributed by atoms with Crippen molar-refractivity contribution >= 4 is 11.7 Å². The monoisotopic (exact) mass is 273 g/mol. The molecule has 106 valence electrons. The van der Waals surface area contributed by atoms with Crippen molar-refractivity contribution in [3.8, 4) is 0 Å². The summed E-state index contributed by atoms with van der Waals surface area (Å²) < 4.78 is 6.53. The molecule has 0 radical (unpaired) electrons. The van der Waals surface area contributed by atoms with Gasteiger partial charge in [-0.1, -0.05) is 12.1 Å². The molecule has 1 aromatic carbocycles. The second-order valence-corrected chi connectivity index (χ2v) is 4.71. The number of anilines is 1. The topological polar surface area (TPSA) is 56.1 Å². The first-order chi connectivity index (χ1) is 9.52. The highest BCUT2D eigenvalue weighted by atomic mass is 16.5. The first-order valence-corrected chi connectivity index (χ1v) is 6.44. The summed E-state index contributed by atoms with van der Waals surface area (Å²) in [5.74, 6) is -0.316. The summed E-state index contributed by atoms with van der Waals surface area (Å²) >= 11 is 0. The van der Waals surface area contributed by atoms with Crippen LogP contribution in [0.25, 0.3) is 0 Å². The van der Waals surface area contributed by atoms with E-state index in [0.717, 1.165) is 22.6 Å². The highest BCUT2D eigenvalue weighted by Gasteiger charge is 2.09. The maximum absolute atomic E-state index is 11.3. The van der Waals surface area contributed by atoms with Crippen molar-refractivity contribution in [2.45, 2.75) is 20.4 Å². The lowest BCUT2D eigenvalue weighted by molar-refractivity contribution is 0.0600. The molecule has 2 aromatic rings. The second kappa shape index (κ2) is 5.77. The summed E-state index contributed by atoms with van der Waals surface area (Å²) in [4.78, 5) is 11.3. The van der Waals surface area contributed by atoms with Gasteiger partial charge in [-0.2, -0.15) is 5.10 Å². The van der Waals surface area contributed by atoms with Gasteiger partial charge in [-0.3, -0.25) is 4.68 Å². The fourth-order valence-electron chi connectivity index (χ4n) is 2.10. The third-order valence-electron chi connectivity index (χ3n) is 3.35. The maximum atomic E-state index is 11.3. The van der Waals surface area contributed by atoms with E-state index in [9.17, 15) is 4.79 Å². The molecule has 0 saturated carbocycles. The van der Waals surface area contributed by atoms with Gasteiger partial charge in [-0.25, -0.2) is 4.79 Å². The Balaban J connectivity index is 2.06. The summed E-state index contributed by atoms with van der Waals surface area (Å²) in [5.41, 5.74) is 4.81. The van der Waals surface area contributed by atoms with E-state index in [0.29, 0.717) is 12.1 Å². The fourth-order valence-corrected chi connectivity index (χ4v) is 2.10. The van der Waals surface area contributed by atoms with Crippen molar-refractivity contribution in [3.63, 3.8) is 0 Å². The Hall–Kier alpha value is -2.30. The molecular weight excluding hydrogens is 254 g/mol. The lowest BCUT2D eigenvalue weighted by atomic mass is 10.1.